The van der Waals surface area contributed by atoms with Gasteiger partial charge in [-0.3, -0.25) is 9.20 Å². The van der Waals surface area contributed by atoms with Crippen LogP contribution in [0.1, 0.15) is 5.69 Å². The lowest BCUT2D eigenvalue weighted by Crippen LogP contribution is -2.27. The van der Waals surface area contributed by atoms with E-state index in [2.05, 4.69) is 15.6 Å². The predicted octanol–water partition coefficient (Wildman–Crippen LogP) is 3.44. The second-order valence-electron chi connectivity index (χ2n) is 5.01. The number of rotatable bonds is 2. The van der Waals surface area contributed by atoms with Gasteiger partial charge in [-0.05, 0) is 37.3 Å². The fourth-order valence-electron chi connectivity index (χ4n) is 2.19. The van der Waals surface area contributed by atoms with Crippen LogP contribution < -0.4 is 16.2 Å². The van der Waals surface area contributed by atoms with Crippen molar-refractivity contribution >= 4 is 34.7 Å². The predicted molar refractivity (Wildman–Crippen MR) is 90.3 cm³/mol. The molecule has 24 heavy (non-hydrogen) atoms. The van der Waals surface area contributed by atoms with Crippen LogP contribution in [0, 0.1) is 12.7 Å². The minimum Gasteiger partial charge on any atom is -0.308 e. The zero-order chi connectivity index (χ0) is 17.3. The summed E-state index contributed by atoms with van der Waals surface area (Å²) in [5.74, 6) is -0.588. The summed E-state index contributed by atoms with van der Waals surface area (Å²) in [5, 5.41) is 4.84. The Kier molecular flexibility index (Phi) is 4.18. The zero-order valence-corrected chi connectivity index (χ0v) is 13.3. The van der Waals surface area contributed by atoms with Crippen molar-refractivity contribution in [3.8, 4) is 0 Å². The minimum absolute atomic E-state index is 0.0596. The molecule has 0 aliphatic rings. The number of nitrogens with zero attached hydrogens (tertiary/aromatic N) is 2. The lowest BCUT2D eigenvalue weighted by atomic mass is 10.3. The highest BCUT2D eigenvalue weighted by Gasteiger charge is 2.13. The fourth-order valence-corrected chi connectivity index (χ4v) is 2.37. The zero-order valence-electron chi connectivity index (χ0n) is 12.5. The molecule has 0 saturated heterocycles. The summed E-state index contributed by atoms with van der Waals surface area (Å²) in [4.78, 5) is 28.8. The number of amides is 2. The third-order valence-electron chi connectivity index (χ3n) is 3.33. The minimum atomic E-state index is -0.657. The lowest BCUT2D eigenvalue weighted by Gasteiger charge is -2.10. The van der Waals surface area contributed by atoms with Crippen LogP contribution in [0.15, 0.2) is 47.4 Å². The van der Waals surface area contributed by atoms with Crippen LogP contribution in [0.4, 0.5) is 20.6 Å². The Hall–Kier alpha value is -2.93. The van der Waals surface area contributed by atoms with Crippen LogP contribution in [0.5, 0.6) is 0 Å². The number of fused-ring (bicyclic) bond motifs is 1. The summed E-state index contributed by atoms with van der Waals surface area (Å²) >= 11 is 5.66. The summed E-state index contributed by atoms with van der Waals surface area (Å²) in [6.45, 7) is 1.62. The molecule has 0 bridgehead atoms. The van der Waals surface area contributed by atoms with Gasteiger partial charge in [0.1, 0.15) is 17.2 Å². The van der Waals surface area contributed by atoms with Crippen molar-refractivity contribution in [2.45, 2.75) is 6.92 Å². The molecule has 0 radical (unpaired) electrons. The van der Waals surface area contributed by atoms with E-state index in [9.17, 15) is 14.0 Å². The van der Waals surface area contributed by atoms with Crippen LogP contribution in [0.3, 0.4) is 0 Å². The normalized spacial score (nSPS) is 10.6. The highest BCUT2D eigenvalue weighted by molar-refractivity contribution is 6.31. The quantitative estimate of drug-likeness (QED) is 0.746. The van der Waals surface area contributed by atoms with Crippen molar-refractivity contribution in [1.82, 2.24) is 9.38 Å². The van der Waals surface area contributed by atoms with E-state index in [0.29, 0.717) is 17.0 Å². The van der Waals surface area contributed by atoms with Gasteiger partial charge in [-0.2, -0.15) is 0 Å². The largest absolute Gasteiger partial charge is 0.323 e. The van der Waals surface area contributed by atoms with E-state index in [-0.39, 0.29) is 10.7 Å². The maximum atomic E-state index is 13.1. The number of aryl methyl sites for hydroxylation is 1. The van der Waals surface area contributed by atoms with Gasteiger partial charge in [-0.1, -0.05) is 17.7 Å². The molecule has 6 nitrogen and oxygen atoms in total. The molecule has 0 aliphatic carbocycles. The van der Waals surface area contributed by atoms with Crippen molar-refractivity contribution in [3.05, 3.63) is 69.5 Å². The van der Waals surface area contributed by atoms with Gasteiger partial charge < -0.3 is 10.6 Å². The lowest BCUT2D eigenvalue weighted by molar-refractivity contribution is 0.262. The first kappa shape index (κ1) is 15.9. The molecule has 122 valence electrons. The molecule has 0 fully saturated rings. The number of anilines is 2. The van der Waals surface area contributed by atoms with Gasteiger partial charge in [0.25, 0.3) is 5.56 Å². The van der Waals surface area contributed by atoms with Gasteiger partial charge in [-0.25, -0.2) is 14.2 Å². The van der Waals surface area contributed by atoms with Crippen LogP contribution in [-0.4, -0.2) is 15.4 Å². The number of benzene rings is 1. The maximum Gasteiger partial charge on any atom is 0.323 e. The molecule has 0 spiro atoms. The maximum absolute atomic E-state index is 13.1. The Labute approximate surface area is 140 Å². The summed E-state index contributed by atoms with van der Waals surface area (Å²) in [7, 11) is 0. The van der Waals surface area contributed by atoms with Gasteiger partial charge in [0.05, 0.1) is 10.7 Å². The van der Waals surface area contributed by atoms with Crippen LogP contribution >= 0.6 is 11.6 Å². The van der Waals surface area contributed by atoms with Gasteiger partial charge in [-0.15, -0.1) is 0 Å². The van der Waals surface area contributed by atoms with Crippen LogP contribution in [0.25, 0.3) is 5.65 Å². The Bertz CT molecular complexity index is 1000. The van der Waals surface area contributed by atoms with Gasteiger partial charge in [0, 0.05) is 11.9 Å². The molecule has 2 N–H and O–H groups in total. The number of aromatic nitrogens is 2. The van der Waals surface area contributed by atoms with E-state index in [1.165, 1.54) is 16.5 Å². The van der Waals surface area contributed by atoms with Gasteiger partial charge in [0.2, 0.25) is 0 Å². The van der Waals surface area contributed by atoms with Crippen LogP contribution in [-0.2, 0) is 0 Å². The molecule has 0 unspecified atom stereocenters. The molecular formula is C16H12ClFN4O2. The SMILES string of the molecule is Cc1nc2ccccn2c(=O)c1NC(=O)Nc1ccc(F)c(Cl)c1. The second-order valence-corrected chi connectivity index (χ2v) is 5.42. The van der Waals surface area contributed by atoms with Crippen molar-refractivity contribution in [1.29, 1.82) is 0 Å². The number of hydrogen-bond acceptors (Lipinski definition) is 3. The molecule has 0 atom stereocenters. The van der Waals surface area contributed by atoms with E-state index < -0.39 is 17.4 Å². The number of halogens is 2. The Morgan fingerprint density at radius 1 is 1.25 bits per heavy atom. The number of carbonyl (C=O) groups is 1. The third-order valence-corrected chi connectivity index (χ3v) is 3.62. The molecule has 2 aromatic heterocycles. The number of carbonyl (C=O) groups excluding carboxylic acids is 1. The van der Waals surface area contributed by atoms with E-state index in [0.717, 1.165) is 6.07 Å². The highest BCUT2D eigenvalue weighted by Crippen LogP contribution is 2.19. The first-order valence-electron chi connectivity index (χ1n) is 6.97. The Morgan fingerprint density at radius 2 is 2.04 bits per heavy atom. The van der Waals surface area contributed by atoms with E-state index >= 15 is 0 Å². The standard InChI is InChI=1S/C16H12ClFN4O2/c1-9-14(15(23)22-7-3-2-4-13(22)19-9)21-16(24)20-10-5-6-12(18)11(17)8-10/h2-8H,1H3,(H2,20,21,24). The summed E-state index contributed by atoms with van der Waals surface area (Å²) < 4.78 is 14.5. The van der Waals surface area contributed by atoms with E-state index in [1.807, 2.05) is 0 Å². The van der Waals surface area contributed by atoms with Gasteiger partial charge in [0.15, 0.2) is 0 Å². The monoisotopic (exact) mass is 346 g/mol. The van der Waals surface area contributed by atoms with Crippen molar-refractivity contribution in [2.24, 2.45) is 0 Å². The highest BCUT2D eigenvalue weighted by atomic mass is 35.5. The Morgan fingerprint density at radius 3 is 2.79 bits per heavy atom. The number of nitrogens with one attached hydrogen (secondary N) is 2. The van der Waals surface area contributed by atoms with Crippen molar-refractivity contribution < 1.29 is 9.18 Å². The molecule has 1 aromatic carbocycles. The van der Waals surface area contributed by atoms with Crippen molar-refractivity contribution in [3.63, 3.8) is 0 Å². The molecule has 2 heterocycles. The summed E-state index contributed by atoms with van der Waals surface area (Å²) in [6, 6.07) is 8.26. The summed E-state index contributed by atoms with van der Waals surface area (Å²) in [5.41, 5.74) is 0.829. The molecule has 8 heteroatoms. The molecule has 3 rings (SSSR count). The first-order valence-corrected chi connectivity index (χ1v) is 7.34. The Balaban J connectivity index is 1.87. The molecular weight excluding hydrogens is 335 g/mol. The average molecular weight is 347 g/mol. The first-order chi connectivity index (χ1) is 11.5. The molecule has 0 saturated carbocycles. The second kappa shape index (κ2) is 6.29. The molecule has 0 aliphatic heterocycles. The smallest absolute Gasteiger partial charge is 0.308 e. The number of hydrogen-bond donors (Lipinski definition) is 2. The van der Waals surface area contributed by atoms with Gasteiger partial charge >= 0.3 is 6.03 Å². The fraction of sp³-hybridized carbons (Fsp3) is 0.0625. The van der Waals surface area contributed by atoms with Crippen LogP contribution in [0.2, 0.25) is 5.02 Å². The van der Waals surface area contributed by atoms with E-state index in [4.69, 9.17) is 11.6 Å². The summed E-state index contributed by atoms with van der Waals surface area (Å²) in [6.07, 6.45) is 1.56. The molecule has 3 aromatic rings. The number of urea groups is 1. The van der Waals surface area contributed by atoms with E-state index in [1.54, 1.807) is 31.3 Å². The topological polar surface area (TPSA) is 75.5 Å². The molecule has 2 amide bonds. The third kappa shape index (κ3) is 3.07. The average Bonchev–Trinajstić information content (AvgIpc) is 2.55. The van der Waals surface area contributed by atoms with Crippen molar-refractivity contribution in [2.75, 3.05) is 10.6 Å². The number of pyridine rings is 1.